The average molecular weight is 276 g/mol. The molecule has 0 radical (unpaired) electrons. The molecule has 0 saturated heterocycles. The van der Waals surface area contributed by atoms with Crippen LogP contribution in [0.15, 0.2) is 0 Å². The molecule has 0 aromatic heterocycles. The Hall–Kier alpha value is -0.570. The van der Waals surface area contributed by atoms with Crippen LogP contribution in [0, 0.1) is 23.7 Å². The van der Waals surface area contributed by atoms with Crippen LogP contribution in [-0.4, -0.2) is 24.5 Å². The molecule has 5 aliphatic rings. The molecule has 3 nitrogen and oxygen atoms in total. The van der Waals surface area contributed by atoms with Gasteiger partial charge in [-0.15, -0.1) is 0 Å². The van der Waals surface area contributed by atoms with Gasteiger partial charge in [-0.3, -0.25) is 4.79 Å². The maximum absolute atomic E-state index is 12.2. The van der Waals surface area contributed by atoms with E-state index in [-0.39, 0.29) is 5.91 Å². The molecule has 0 aromatic rings. The quantitative estimate of drug-likeness (QED) is 0.828. The monoisotopic (exact) mass is 276 g/mol. The highest BCUT2D eigenvalue weighted by Crippen LogP contribution is 2.53. The van der Waals surface area contributed by atoms with E-state index >= 15 is 0 Å². The summed E-state index contributed by atoms with van der Waals surface area (Å²) in [6.07, 6.45) is 12.2. The Morgan fingerprint density at radius 1 is 0.900 bits per heavy atom. The third-order valence-corrected chi connectivity index (χ3v) is 6.46. The van der Waals surface area contributed by atoms with Crippen molar-refractivity contribution in [1.29, 1.82) is 0 Å². The molecular weight excluding hydrogens is 248 g/mol. The van der Waals surface area contributed by atoms with Gasteiger partial charge in [-0.25, -0.2) is 0 Å². The van der Waals surface area contributed by atoms with Crippen molar-refractivity contribution in [3.05, 3.63) is 0 Å². The maximum Gasteiger partial charge on any atom is 0.234 e. The second-order valence-electron chi connectivity index (χ2n) is 7.89. The Bertz CT molecular complexity index is 347. The van der Waals surface area contributed by atoms with Gasteiger partial charge in [0.25, 0.3) is 0 Å². The summed E-state index contributed by atoms with van der Waals surface area (Å²) in [5, 5.41) is 6.83. The fourth-order valence-corrected chi connectivity index (χ4v) is 5.76. The standard InChI is InChI=1S/C17H28N2O/c20-16(10-18-15-3-1-2-4-15)19-17-13-6-11-5-12(8-13)9-14(17)7-11/h11-15,17-18H,1-10H2,(H,19,20). The van der Waals surface area contributed by atoms with Crippen molar-refractivity contribution >= 4 is 5.91 Å². The SMILES string of the molecule is O=C(CNC1CCCC1)NC1C2CC3CC(C2)CC1C3. The van der Waals surface area contributed by atoms with Crippen molar-refractivity contribution < 1.29 is 4.79 Å². The first-order valence-electron chi connectivity index (χ1n) is 8.80. The van der Waals surface area contributed by atoms with Gasteiger partial charge in [0, 0.05) is 12.1 Å². The van der Waals surface area contributed by atoms with Gasteiger partial charge in [0.2, 0.25) is 5.91 Å². The molecule has 0 heterocycles. The number of hydrogen-bond donors (Lipinski definition) is 2. The molecule has 5 aliphatic carbocycles. The van der Waals surface area contributed by atoms with E-state index in [1.807, 2.05) is 0 Å². The highest BCUT2D eigenvalue weighted by molar-refractivity contribution is 5.78. The van der Waals surface area contributed by atoms with Crippen LogP contribution in [-0.2, 0) is 4.79 Å². The van der Waals surface area contributed by atoms with Crippen LogP contribution >= 0.6 is 0 Å². The summed E-state index contributed by atoms with van der Waals surface area (Å²) < 4.78 is 0. The smallest absolute Gasteiger partial charge is 0.234 e. The van der Waals surface area contributed by atoms with Crippen LogP contribution in [0.25, 0.3) is 0 Å². The summed E-state index contributed by atoms with van der Waals surface area (Å²) in [5.41, 5.74) is 0. The minimum Gasteiger partial charge on any atom is -0.352 e. The molecule has 5 saturated carbocycles. The lowest BCUT2D eigenvalue weighted by Gasteiger charge is -2.54. The summed E-state index contributed by atoms with van der Waals surface area (Å²) in [6.45, 7) is 0.535. The number of nitrogens with one attached hydrogen (secondary N) is 2. The summed E-state index contributed by atoms with van der Waals surface area (Å²) in [5.74, 6) is 3.81. The molecule has 0 aromatic carbocycles. The molecule has 0 aliphatic heterocycles. The maximum atomic E-state index is 12.2. The zero-order valence-corrected chi connectivity index (χ0v) is 12.4. The Kier molecular flexibility index (Phi) is 3.49. The fraction of sp³-hybridized carbons (Fsp3) is 0.941. The lowest BCUT2D eigenvalue weighted by atomic mass is 9.54. The third kappa shape index (κ3) is 2.49. The van der Waals surface area contributed by atoms with Crippen LogP contribution in [0.5, 0.6) is 0 Å². The van der Waals surface area contributed by atoms with Gasteiger partial charge < -0.3 is 10.6 Å². The van der Waals surface area contributed by atoms with E-state index in [0.29, 0.717) is 18.6 Å². The van der Waals surface area contributed by atoms with Crippen molar-refractivity contribution in [3.63, 3.8) is 0 Å². The second-order valence-corrected chi connectivity index (χ2v) is 7.89. The van der Waals surface area contributed by atoms with Crippen molar-refractivity contribution in [2.24, 2.45) is 23.7 Å². The van der Waals surface area contributed by atoms with Gasteiger partial charge in [0.15, 0.2) is 0 Å². The van der Waals surface area contributed by atoms with E-state index in [4.69, 9.17) is 0 Å². The van der Waals surface area contributed by atoms with Gasteiger partial charge in [-0.2, -0.15) is 0 Å². The second kappa shape index (κ2) is 5.32. The zero-order chi connectivity index (χ0) is 13.5. The van der Waals surface area contributed by atoms with Crippen LogP contribution in [0.3, 0.4) is 0 Å². The van der Waals surface area contributed by atoms with Crippen molar-refractivity contribution in [1.82, 2.24) is 10.6 Å². The largest absolute Gasteiger partial charge is 0.352 e. The molecule has 5 rings (SSSR count). The van der Waals surface area contributed by atoms with Crippen LogP contribution < -0.4 is 10.6 Å². The van der Waals surface area contributed by atoms with Gasteiger partial charge in [-0.1, -0.05) is 12.8 Å². The zero-order valence-electron chi connectivity index (χ0n) is 12.4. The molecular formula is C17H28N2O. The predicted molar refractivity (Wildman–Crippen MR) is 79.2 cm³/mol. The molecule has 20 heavy (non-hydrogen) atoms. The minimum absolute atomic E-state index is 0.245. The first-order valence-corrected chi connectivity index (χ1v) is 8.80. The molecule has 0 spiro atoms. The molecule has 0 unspecified atom stereocenters. The Morgan fingerprint density at radius 2 is 1.50 bits per heavy atom. The molecule has 0 atom stereocenters. The molecule has 4 bridgehead atoms. The fourth-order valence-electron chi connectivity index (χ4n) is 5.76. The molecule has 5 fully saturated rings. The Labute approximate surface area is 122 Å². The normalized spacial score (nSPS) is 43.1. The van der Waals surface area contributed by atoms with Crippen LogP contribution in [0.1, 0.15) is 57.8 Å². The molecule has 1 amide bonds. The number of rotatable bonds is 4. The Morgan fingerprint density at radius 3 is 2.10 bits per heavy atom. The number of amides is 1. The lowest BCUT2D eigenvalue weighted by Crippen LogP contribution is -2.57. The van der Waals surface area contributed by atoms with Gasteiger partial charge >= 0.3 is 0 Å². The van der Waals surface area contributed by atoms with Crippen LogP contribution in [0.4, 0.5) is 0 Å². The number of carbonyl (C=O) groups excluding carboxylic acids is 1. The first-order chi connectivity index (χ1) is 9.78. The van der Waals surface area contributed by atoms with Gasteiger partial charge in [-0.05, 0) is 68.6 Å². The van der Waals surface area contributed by atoms with E-state index in [1.54, 1.807) is 0 Å². The summed E-state index contributed by atoms with van der Waals surface area (Å²) in [7, 11) is 0. The van der Waals surface area contributed by atoms with E-state index in [1.165, 1.54) is 57.8 Å². The minimum atomic E-state index is 0.245. The third-order valence-electron chi connectivity index (χ3n) is 6.46. The molecule has 112 valence electrons. The summed E-state index contributed by atoms with van der Waals surface area (Å²) in [6, 6.07) is 1.10. The average Bonchev–Trinajstić information content (AvgIpc) is 2.93. The van der Waals surface area contributed by atoms with E-state index in [9.17, 15) is 4.79 Å². The van der Waals surface area contributed by atoms with Crippen molar-refractivity contribution in [3.8, 4) is 0 Å². The first kappa shape index (κ1) is 13.1. The molecule has 3 heteroatoms. The van der Waals surface area contributed by atoms with Crippen molar-refractivity contribution in [2.45, 2.75) is 69.9 Å². The van der Waals surface area contributed by atoms with E-state index in [2.05, 4.69) is 10.6 Å². The highest BCUT2D eigenvalue weighted by atomic mass is 16.2. The van der Waals surface area contributed by atoms with Crippen molar-refractivity contribution in [2.75, 3.05) is 6.54 Å². The highest BCUT2D eigenvalue weighted by Gasteiger charge is 2.48. The lowest BCUT2D eigenvalue weighted by molar-refractivity contribution is -0.124. The van der Waals surface area contributed by atoms with E-state index < -0.39 is 0 Å². The predicted octanol–water partition coefficient (Wildman–Crippen LogP) is 2.46. The number of carbonyl (C=O) groups is 1. The van der Waals surface area contributed by atoms with E-state index in [0.717, 1.165) is 23.7 Å². The van der Waals surface area contributed by atoms with Gasteiger partial charge in [0.1, 0.15) is 0 Å². The molecule has 2 N–H and O–H groups in total. The van der Waals surface area contributed by atoms with Gasteiger partial charge in [0.05, 0.1) is 6.54 Å². The summed E-state index contributed by atoms with van der Waals surface area (Å²) >= 11 is 0. The summed E-state index contributed by atoms with van der Waals surface area (Å²) in [4.78, 5) is 12.2. The van der Waals surface area contributed by atoms with Crippen LogP contribution in [0.2, 0.25) is 0 Å². The number of hydrogen-bond acceptors (Lipinski definition) is 2. The Balaban J connectivity index is 1.29. The topological polar surface area (TPSA) is 41.1 Å².